The minimum absolute atomic E-state index is 0.0467. The molecule has 0 aromatic carbocycles. The Morgan fingerprint density at radius 3 is 1.96 bits per heavy atom. The van der Waals surface area contributed by atoms with Gasteiger partial charge < -0.3 is 21.3 Å². The van der Waals surface area contributed by atoms with E-state index in [1.54, 1.807) is 0 Å². The predicted molar refractivity (Wildman–Crippen MR) is 173 cm³/mol. The summed E-state index contributed by atoms with van der Waals surface area (Å²) in [7, 11) is 0. The molecule has 0 saturated carbocycles. The number of nitrogens with one attached hydrogen (secondary N) is 4. The molecular weight excluding hydrogens is 592 g/mol. The first-order valence-corrected chi connectivity index (χ1v) is 16.6. The molecule has 5 atom stereocenters. The van der Waals surface area contributed by atoms with E-state index in [0.29, 0.717) is 25.8 Å². The van der Waals surface area contributed by atoms with Crippen LogP contribution in [0.15, 0.2) is 0 Å². The number of carbonyl (C=O) groups excluding carboxylic acids is 8. The SMILES string of the molecule is CCC(C)C(CC(=O)C(CC(C)C)NC(=O)CCC(=O)C(NC(=O)C1CCNC1)C(C)C)C(=O)NCC(=O)CC(C(C)=O)C(C)=O. The highest BCUT2D eigenvalue weighted by molar-refractivity contribution is 6.04. The second-order valence-electron chi connectivity index (χ2n) is 13.5. The van der Waals surface area contributed by atoms with Gasteiger partial charge in [0.1, 0.15) is 11.6 Å². The zero-order valence-corrected chi connectivity index (χ0v) is 29.0. The molecule has 5 unspecified atom stereocenters. The summed E-state index contributed by atoms with van der Waals surface area (Å²) < 4.78 is 0. The number of rotatable bonds is 22. The van der Waals surface area contributed by atoms with Gasteiger partial charge in [0.2, 0.25) is 17.7 Å². The second kappa shape index (κ2) is 20.1. The van der Waals surface area contributed by atoms with Gasteiger partial charge in [-0.25, -0.2) is 0 Å². The van der Waals surface area contributed by atoms with Gasteiger partial charge in [-0.15, -0.1) is 0 Å². The van der Waals surface area contributed by atoms with Crippen molar-refractivity contribution in [3.63, 3.8) is 0 Å². The van der Waals surface area contributed by atoms with Crippen LogP contribution in [0.2, 0.25) is 0 Å². The molecule has 1 fully saturated rings. The van der Waals surface area contributed by atoms with Crippen LogP contribution in [0, 0.1) is 35.5 Å². The van der Waals surface area contributed by atoms with Crippen LogP contribution in [0.3, 0.4) is 0 Å². The Morgan fingerprint density at radius 2 is 1.46 bits per heavy atom. The quantitative estimate of drug-likeness (QED) is 0.128. The highest BCUT2D eigenvalue weighted by atomic mass is 16.2. The smallest absolute Gasteiger partial charge is 0.225 e. The van der Waals surface area contributed by atoms with Crippen molar-refractivity contribution >= 4 is 46.6 Å². The normalized spacial score (nSPS) is 17.2. The zero-order chi connectivity index (χ0) is 35.1. The molecule has 1 saturated heterocycles. The molecule has 12 nitrogen and oxygen atoms in total. The average Bonchev–Trinajstić information content (AvgIpc) is 3.52. The predicted octanol–water partition coefficient (Wildman–Crippen LogP) is 2.11. The summed E-state index contributed by atoms with van der Waals surface area (Å²) in [4.78, 5) is 101. The van der Waals surface area contributed by atoms with Crippen molar-refractivity contribution in [2.75, 3.05) is 19.6 Å². The van der Waals surface area contributed by atoms with E-state index in [9.17, 15) is 38.4 Å². The van der Waals surface area contributed by atoms with E-state index in [0.717, 1.165) is 6.54 Å². The molecule has 0 radical (unpaired) electrons. The van der Waals surface area contributed by atoms with Gasteiger partial charge in [-0.3, -0.25) is 38.4 Å². The lowest BCUT2D eigenvalue weighted by Gasteiger charge is -2.26. The first-order valence-electron chi connectivity index (χ1n) is 16.6. The topological polar surface area (TPSA) is 185 Å². The maximum Gasteiger partial charge on any atom is 0.225 e. The van der Waals surface area contributed by atoms with Crippen LogP contribution in [-0.4, -0.2) is 78.4 Å². The van der Waals surface area contributed by atoms with Gasteiger partial charge >= 0.3 is 0 Å². The number of carbonyl (C=O) groups is 8. The number of Topliss-reactive ketones (excluding diaryl/α,β-unsaturated/α-hetero) is 5. The van der Waals surface area contributed by atoms with E-state index in [1.165, 1.54) is 13.8 Å². The lowest BCUT2D eigenvalue weighted by molar-refractivity contribution is -0.135. The molecule has 1 aliphatic heterocycles. The summed E-state index contributed by atoms with van der Waals surface area (Å²) >= 11 is 0. The van der Waals surface area contributed by atoms with Crippen LogP contribution in [0.5, 0.6) is 0 Å². The van der Waals surface area contributed by atoms with Crippen LogP contribution in [-0.2, 0) is 38.4 Å². The third-order valence-corrected chi connectivity index (χ3v) is 8.73. The molecule has 1 heterocycles. The Bertz CT molecular complexity index is 1100. The Balaban J connectivity index is 2.85. The maximum atomic E-state index is 13.5. The Labute approximate surface area is 273 Å². The van der Waals surface area contributed by atoms with E-state index in [1.807, 2.05) is 41.5 Å². The summed E-state index contributed by atoms with van der Waals surface area (Å²) in [5.41, 5.74) is 0. The summed E-state index contributed by atoms with van der Waals surface area (Å²) in [6.45, 7) is 14.6. The molecule has 0 bridgehead atoms. The Morgan fingerprint density at radius 1 is 0.826 bits per heavy atom. The van der Waals surface area contributed by atoms with Crippen LogP contribution in [0.1, 0.15) is 100 Å². The molecule has 0 aromatic rings. The van der Waals surface area contributed by atoms with E-state index >= 15 is 0 Å². The first-order chi connectivity index (χ1) is 21.5. The molecule has 12 heteroatoms. The maximum absolute atomic E-state index is 13.5. The molecule has 3 amide bonds. The monoisotopic (exact) mass is 648 g/mol. The molecule has 46 heavy (non-hydrogen) atoms. The molecule has 0 aromatic heterocycles. The first kappa shape index (κ1) is 40.7. The number of ketones is 5. The van der Waals surface area contributed by atoms with Crippen molar-refractivity contribution in [2.24, 2.45) is 35.5 Å². The Kier molecular flexibility index (Phi) is 17.8. The molecular formula is C34H56N4O8. The number of hydrogen-bond acceptors (Lipinski definition) is 9. The second-order valence-corrected chi connectivity index (χ2v) is 13.5. The summed E-state index contributed by atoms with van der Waals surface area (Å²) in [6, 6.07) is -1.59. The van der Waals surface area contributed by atoms with Crippen molar-refractivity contribution < 1.29 is 38.4 Å². The van der Waals surface area contributed by atoms with Crippen molar-refractivity contribution in [1.29, 1.82) is 0 Å². The van der Waals surface area contributed by atoms with Gasteiger partial charge in [-0.1, -0.05) is 48.0 Å². The zero-order valence-electron chi connectivity index (χ0n) is 29.0. The largest absolute Gasteiger partial charge is 0.349 e. The standard InChI is InChI=1S/C34H56N4O8/c1-9-21(6)26(34(46)36-18-25(41)15-27(22(7)39)23(8)40)16-30(43)28(14-19(2)3)37-31(44)11-10-29(42)32(20(4)5)38-33(45)24-12-13-35-17-24/h19-21,24,26-28,32,35H,9-18H2,1-8H3,(H,36,46)(H,37,44)(H,38,45). The highest BCUT2D eigenvalue weighted by Crippen LogP contribution is 2.22. The molecule has 260 valence electrons. The van der Waals surface area contributed by atoms with Gasteiger partial charge in [0.25, 0.3) is 0 Å². The van der Waals surface area contributed by atoms with E-state index in [-0.39, 0.29) is 73.4 Å². The fraction of sp³-hybridized carbons (Fsp3) is 0.765. The molecule has 4 N–H and O–H groups in total. The van der Waals surface area contributed by atoms with Crippen LogP contribution in [0.4, 0.5) is 0 Å². The third kappa shape index (κ3) is 14.0. The van der Waals surface area contributed by atoms with Crippen molar-refractivity contribution in [1.82, 2.24) is 21.3 Å². The number of hydrogen-bond donors (Lipinski definition) is 4. The minimum atomic E-state index is -1.04. The van der Waals surface area contributed by atoms with Crippen molar-refractivity contribution in [3.8, 4) is 0 Å². The van der Waals surface area contributed by atoms with Crippen LogP contribution >= 0.6 is 0 Å². The summed E-state index contributed by atoms with van der Waals surface area (Å²) in [5, 5.41) is 11.3. The molecule has 1 rings (SSSR count). The number of amides is 3. The van der Waals surface area contributed by atoms with Gasteiger partial charge in [0, 0.05) is 38.1 Å². The van der Waals surface area contributed by atoms with Crippen LogP contribution < -0.4 is 21.3 Å². The average molecular weight is 649 g/mol. The Hall–Kier alpha value is -3.28. The molecule has 0 spiro atoms. The van der Waals surface area contributed by atoms with Crippen molar-refractivity contribution in [3.05, 3.63) is 0 Å². The van der Waals surface area contributed by atoms with E-state index in [4.69, 9.17) is 0 Å². The van der Waals surface area contributed by atoms with Gasteiger partial charge in [-0.05, 0) is 51.0 Å². The third-order valence-electron chi connectivity index (χ3n) is 8.73. The molecule has 0 aliphatic carbocycles. The minimum Gasteiger partial charge on any atom is -0.349 e. The van der Waals surface area contributed by atoms with E-state index < -0.39 is 53.1 Å². The van der Waals surface area contributed by atoms with E-state index in [2.05, 4.69) is 21.3 Å². The van der Waals surface area contributed by atoms with Gasteiger partial charge in [0.15, 0.2) is 17.3 Å². The summed E-state index contributed by atoms with van der Waals surface area (Å²) in [5.74, 6) is -5.33. The fourth-order valence-electron chi connectivity index (χ4n) is 5.56. The highest BCUT2D eigenvalue weighted by Gasteiger charge is 2.33. The molecule has 1 aliphatic rings. The van der Waals surface area contributed by atoms with Crippen molar-refractivity contribution in [2.45, 2.75) is 112 Å². The summed E-state index contributed by atoms with van der Waals surface area (Å²) in [6.07, 6.45) is 0.925. The van der Waals surface area contributed by atoms with Crippen LogP contribution in [0.25, 0.3) is 0 Å². The van der Waals surface area contributed by atoms with Gasteiger partial charge in [0.05, 0.1) is 30.5 Å². The van der Waals surface area contributed by atoms with Gasteiger partial charge in [-0.2, -0.15) is 0 Å². The lowest BCUT2D eigenvalue weighted by atomic mass is 9.84. The lowest BCUT2D eigenvalue weighted by Crippen LogP contribution is -2.48. The fourth-order valence-corrected chi connectivity index (χ4v) is 5.56.